The summed E-state index contributed by atoms with van der Waals surface area (Å²) in [5, 5.41) is 0.791. The van der Waals surface area contributed by atoms with Gasteiger partial charge in [0.2, 0.25) is 0 Å². The Bertz CT molecular complexity index is 822. The smallest absolute Gasteiger partial charge is 0.198 e. The van der Waals surface area contributed by atoms with E-state index in [1.54, 1.807) is 18.3 Å². The quantitative estimate of drug-likeness (QED) is 0.683. The van der Waals surface area contributed by atoms with E-state index in [0.29, 0.717) is 5.56 Å². The second-order valence-corrected chi connectivity index (χ2v) is 5.62. The lowest BCUT2D eigenvalue weighted by Crippen LogP contribution is -2.04. The number of carbonyl (C=O) groups excluding carboxylic acids is 1. The number of aryl methyl sites for hydroxylation is 1. The average Bonchev–Trinajstić information content (AvgIpc) is 2.83. The van der Waals surface area contributed by atoms with Gasteiger partial charge in [-0.25, -0.2) is 4.39 Å². The minimum atomic E-state index is -0.493. The molecular weight excluding hydrogens is 321 g/mol. The maximum atomic E-state index is 13.8. The van der Waals surface area contributed by atoms with Gasteiger partial charge in [-0.3, -0.25) is 4.79 Å². The number of ketones is 1. The molecule has 0 atom stereocenters. The molecule has 0 fully saturated rings. The SMILES string of the molecule is Cc1ccc(F)c(C(=O)c2c[nH]c3cc(Br)ccc23)c1. The zero-order valence-electron chi connectivity index (χ0n) is 10.7. The summed E-state index contributed by atoms with van der Waals surface area (Å²) in [6.07, 6.45) is 1.63. The molecule has 100 valence electrons. The first-order chi connectivity index (χ1) is 9.56. The molecule has 0 amide bonds. The third-order valence-corrected chi connectivity index (χ3v) is 3.75. The molecule has 0 radical (unpaired) electrons. The number of halogens is 2. The average molecular weight is 332 g/mol. The third kappa shape index (κ3) is 2.16. The lowest BCUT2D eigenvalue weighted by Gasteiger charge is -2.03. The molecule has 1 heterocycles. The minimum absolute atomic E-state index is 0.105. The number of nitrogens with one attached hydrogen (secondary N) is 1. The van der Waals surface area contributed by atoms with Gasteiger partial charge in [-0.2, -0.15) is 0 Å². The van der Waals surface area contributed by atoms with Crippen molar-refractivity contribution < 1.29 is 9.18 Å². The van der Waals surface area contributed by atoms with Crippen molar-refractivity contribution >= 4 is 32.6 Å². The Morgan fingerprint density at radius 3 is 2.75 bits per heavy atom. The maximum absolute atomic E-state index is 13.8. The van der Waals surface area contributed by atoms with E-state index in [-0.39, 0.29) is 11.3 Å². The van der Waals surface area contributed by atoms with E-state index in [9.17, 15) is 9.18 Å². The fraction of sp³-hybridized carbons (Fsp3) is 0.0625. The van der Waals surface area contributed by atoms with Gasteiger partial charge in [-0.15, -0.1) is 0 Å². The molecule has 1 aromatic heterocycles. The van der Waals surface area contributed by atoms with Crippen LogP contribution in [0.5, 0.6) is 0 Å². The van der Waals surface area contributed by atoms with Crippen molar-refractivity contribution in [2.75, 3.05) is 0 Å². The Morgan fingerprint density at radius 1 is 1.15 bits per heavy atom. The number of hydrogen-bond donors (Lipinski definition) is 1. The molecule has 0 aliphatic carbocycles. The number of H-pyrrole nitrogens is 1. The van der Waals surface area contributed by atoms with Crippen LogP contribution in [0.15, 0.2) is 47.1 Å². The summed E-state index contributed by atoms with van der Waals surface area (Å²) in [6.45, 7) is 1.84. The van der Waals surface area contributed by atoms with Gasteiger partial charge in [-0.05, 0) is 31.2 Å². The zero-order valence-corrected chi connectivity index (χ0v) is 12.3. The van der Waals surface area contributed by atoms with Crippen LogP contribution in [0.3, 0.4) is 0 Å². The molecule has 2 aromatic carbocycles. The number of benzene rings is 2. The number of carbonyl (C=O) groups is 1. The topological polar surface area (TPSA) is 32.9 Å². The fourth-order valence-corrected chi connectivity index (χ4v) is 2.61. The van der Waals surface area contributed by atoms with Crippen LogP contribution in [0, 0.1) is 12.7 Å². The predicted molar refractivity (Wildman–Crippen MR) is 80.6 cm³/mol. The van der Waals surface area contributed by atoms with Crippen molar-refractivity contribution in [2.45, 2.75) is 6.92 Å². The number of aromatic amines is 1. The Balaban J connectivity index is 2.15. The highest BCUT2D eigenvalue weighted by Gasteiger charge is 2.17. The monoisotopic (exact) mass is 331 g/mol. The van der Waals surface area contributed by atoms with Crippen LogP contribution in [-0.2, 0) is 0 Å². The first-order valence-corrected chi connectivity index (χ1v) is 6.93. The molecule has 3 aromatic rings. The second-order valence-electron chi connectivity index (χ2n) is 4.70. The summed E-state index contributed by atoms with van der Waals surface area (Å²) >= 11 is 3.38. The lowest BCUT2D eigenvalue weighted by atomic mass is 10.0. The van der Waals surface area contributed by atoms with Crippen molar-refractivity contribution in [1.29, 1.82) is 0 Å². The first kappa shape index (κ1) is 13.1. The molecule has 4 heteroatoms. The van der Waals surface area contributed by atoms with Crippen LogP contribution < -0.4 is 0 Å². The van der Waals surface area contributed by atoms with Crippen LogP contribution in [0.25, 0.3) is 10.9 Å². The second kappa shape index (κ2) is 4.87. The lowest BCUT2D eigenvalue weighted by molar-refractivity contribution is 0.103. The highest BCUT2D eigenvalue weighted by molar-refractivity contribution is 9.10. The van der Waals surface area contributed by atoms with E-state index in [0.717, 1.165) is 20.9 Å². The predicted octanol–water partition coefficient (Wildman–Crippen LogP) is 4.61. The zero-order chi connectivity index (χ0) is 14.3. The Morgan fingerprint density at radius 2 is 1.95 bits per heavy atom. The molecule has 1 N–H and O–H groups in total. The Labute approximate surface area is 123 Å². The summed E-state index contributed by atoms with van der Waals surface area (Å²) in [5.74, 6) is -0.799. The number of hydrogen-bond acceptors (Lipinski definition) is 1. The van der Waals surface area contributed by atoms with E-state index in [4.69, 9.17) is 0 Å². The van der Waals surface area contributed by atoms with Gasteiger partial charge >= 0.3 is 0 Å². The maximum Gasteiger partial charge on any atom is 0.198 e. The van der Waals surface area contributed by atoms with E-state index >= 15 is 0 Å². The molecule has 0 aliphatic heterocycles. The molecule has 2 nitrogen and oxygen atoms in total. The molecule has 0 spiro atoms. The molecule has 0 saturated carbocycles. The number of fused-ring (bicyclic) bond motifs is 1. The van der Waals surface area contributed by atoms with Gasteiger partial charge in [0.15, 0.2) is 5.78 Å². The van der Waals surface area contributed by atoms with Gasteiger partial charge in [0.1, 0.15) is 5.82 Å². The van der Waals surface area contributed by atoms with Gasteiger partial charge < -0.3 is 4.98 Å². The van der Waals surface area contributed by atoms with Crippen LogP contribution in [-0.4, -0.2) is 10.8 Å². The summed E-state index contributed by atoms with van der Waals surface area (Å²) in [6, 6.07) is 10.1. The van der Waals surface area contributed by atoms with Crippen molar-refractivity contribution in [1.82, 2.24) is 4.98 Å². The van der Waals surface area contributed by atoms with E-state index in [1.807, 2.05) is 25.1 Å². The fourth-order valence-electron chi connectivity index (χ4n) is 2.24. The van der Waals surface area contributed by atoms with Crippen molar-refractivity contribution in [3.8, 4) is 0 Å². The summed E-state index contributed by atoms with van der Waals surface area (Å²) in [5.41, 5.74) is 2.29. The Hall–Kier alpha value is -1.94. The van der Waals surface area contributed by atoms with Gasteiger partial charge in [0.25, 0.3) is 0 Å². The summed E-state index contributed by atoms with van der Waals surface area (Å²) in [4.78, 5) is 15.5. The van der Waals surface area contributed by atoms with Crippen molar-refractivity contribution in [3.63, 3.8) is 0 Å². The summed E-state index contributed by atoms with van der Waals surface area (Å²) < 4.78 is 14.8. The number of aromatic nitrogens is 1. The van der Waals surface area contributed by atoms with E-state index in [2.05, 4.69) is 20.9 Å². The van der Waals surface area contributed by atoms with Crippen LogP contribution >= 0.6 is 15.9 Å². The highest BCUT2D eigenvalue weighted by atomic mass is 79.9. The molecule has 0 bridgehead atoms. The van der Waals surface area contributed by atoms with Crippen LogP contribution in [0.4, 0.5) is 4.39 Å². The third-order valence-electron chi connectivity index (χ3n) is 3.25. The van der Waals surface area contributed by atoms with Crippen molar-refractivity contribution in [2.24, 2.45) is 0 Å². The van der Waals surface area contributed by atoms with Gasteiger partial charge in [0.05, 0.1) is 5.56 Å². The molecule has 0 saturated heterocycles. The van der Waals surface area contributed by atoms with Gasteiger partial charge in [0, 0.05) is 27.1 Å². The standard InChI is InChI=1S/C16H11BrFNO/c1-9-2-5-14(18)12(6-9)16(20)13-8-19-15-7-10(17)3-4-11(13)15/h2-8,19H,1H3. The first-order valence-electron chi connectivity index (χ1n) is 6.14. The summed E-state index contributed by atoms with van der Waals surface area (Å²) in [7, 11) is 0. The van der Waals surface area contributed by atoms with E-state index < -0.39 is 5.82 Å². The molecule has 3 rings (SSSR count). The van der Waals surface area contributed by atoms with Crippen LogP contribution in [0.2, 0.25) is 0 Å². The largest absolute Gasteiger partial charge is 0.360 e. The minimum Gasteiger partial charge on any atom is -0.360 e. The van der Waals surface area contributed by atoms with E-state index in [1.165, 1.54) is 6.07 Å². The molecule has 0 unspecified atom stereocenters. The van der Waals surface area contributed by atoms with Gasteiger partial charge in [-0.1, -0.05) is 33.6 Å². The Kier molecular flexibility index (Phi) is 3.18. The van der Waals surface area contributed by atoms with Crippen LogP contribution in [0.1, 0.15) is 21.5 Å². The normalized spacial score (nSPS) is 10.9. The highest BCUT2D eigenvalue weighted by Crippen LogP contribution is 2.25. The molecule has 20 heavy (non-hydrogen) atoms. The van der Waals surface area contributed by atoms with Crippen molar-refractivity contribution in [3.05, 3.63) is 69.6 Å². The molecular formula is C16H11BrFNO. The molecule has 0 aliphatic rings. The number of rotatable bonds is 2.